The predicted molar refractivity (Wildman–Crippen MR) is 194 cm³/mol. The van der Waals surface area contributed by atoms with Gasteiger partial charge in [-0.2, -0.15) is 49.2 Å². The number of carbonyl (C=O) groups is 2. The molecule has 1 saturated carbocycles. The Morgan fingerprint density at radius 1 is 0.562 bits per heavy atom. The van der Waals surface area contributed by atoms with Crippen molar-refractivity contribution in [3.8, 4) is 0 Å². The zero-order valence-electron chi connectivity index (χ0n) is 28.0. The van der Waals surface area contributed by atoms with E-state index in [9.17, 15) is 9.59 Å². The van der Waals surface area contributed by atoms with Crippen molar-refractivity contribution in [3.63, 3.8) is 0 Å². The maximum atomic E-state index is 13.1. The van der Waals surface area contributed by atoms with Crippen LogP contribution in [0.15, 0.2) is 152 Å². The summed E-state index contributed by atoms with van der Waals surface area (Å²) in [6.07, 6.45) is 2.51. The fraction of sp³-hybridized carbons (Fsp3) is 0.209. The minimum Gasteiger partial charge on any atom is -0.349 e. The van der Waals surface area contributed by atoms with Crippen LogP contribution < -0.4 is 10.6 Å². The molecule has 6 rings (SSSR count). The Bertz CT molecular complexity index is 1530. The fourth-order valence-corrected chi connectivity index (χ4v) is 5.98. The van der Waals surface area contributed by atoms with Gasteiger partial charge in [-0.1, -0.05) is 92.7 Å². The summed E-state index contributed by atoms with van der Waals surface area (Å²) in [7, 11) is 0. The quantitative estimate of drug-likeness (QED) is 0.140. The van der Waals surface area contributed by atoms with Gasteiger partial charge in [0.1, 0.15) is 0 Å². The molecule has 0 radical (unpaired) electrons. The Hall–Kier alpha value is -4.51. The molecule has 0 saturated heterocycles. The van der Waals surface area contributed by atoms with Crippen molar-refractivity contribution < 1.29 is 31.3 Å². The standard InChI is InChI=1S/C29H32N2O2.2C7H7.Ti/c1-29(2)19-25(30-27(32)22-14-8-4-9-15-22)24(18-21-12-6-3-7-13-21)26(20-29)31-28(33)23-16-10-5-11-17-23;2*1-7-5-3-2-4-6-7;/h3-17,24-26H,18-20H2,1-2H3,(H,30,32)(H,31,33);2*2-6H,1H2;/q;2*-1;+2. The summed E-state index contributed by atoms with van der Waals surface area (Å²) in [4.78, 5) is 26.1. The van der Waals surface area contributed by atoms with Crippen LogP contribution in [0.2, 0.25) is 0 Å². The Morgan fingerprint density at radius 2 is 0.875 bits per heavy atom. The van der Waals surface area contributed by atoms with Crippen LogP contribution in [0.25, 0.3) is 0 Å². The zero-order valence-corrected chi connectivity index (χ0v) is 29.6. The zero-order chi connectivity index (χ0) is 33.5. The van der Waals surface area contributed by atoms with Crippen molar-refractivity contribution >= 4 is 11.8 Å². The summed E-state index contributed by atoms with van der Waals surface area (Å²) in [5.74, 6) is -0.0465. The molecule has 1 fully saturated rings. The average molecular weight is 671 g/mol. The maximum absolute atomic E-state index is 13.1. The molecule has 0 spiro atoms. The first-order chi connectivity index (χ1) is 22.7. The van der Waals surface area contributed by atoms with Crippen molar-refractivity contribution in [3.05, 3.63) is 193 Å². The van der Waals surface area contributed by atoms with Gasteiger partial charge in [-0.25, -0.2) is 0 Å². The van der Waals surface area contributed by atoms with Crippen molar-refractivity contribution in [2.75, 3.05) is 0 Å². The summed E-state index contributed by atoms with van der Waals surface area (Å²) in [6, 6.07) is 48.7. The first-order valence-electron chi connectivity index (χ1n) is 16.2. The van der Waals surface area contributed by atoms with Gasteiger partial charge in [0.2, 0.25) is 0 Å². The Morgan fingerprint density at radius 3 is 1.19 bits per heavy atom. The SMILES string of the molecule is CC1(C)CC(NC(=O)c2ccccc2)C(Cc2ccccc2)C(NC(=O)c2ccccc2)C1.[CH2-]c1ccccc1.[CH2-]c1ccccc1.[Ti+2]. The fourth-order valence-electron chi connectivity index (χ4n) is 5.98. The molecule has 0 heterocycles. The molecule has 0 aromatic heterocycles. The molecule has 2 N–H and O–H groups in total. The van der Waals surface area contributed by atoms with Crippen molar-refractivity contribution in [1.82, 2.24) is 10.6 Å². The number of hydrogen-bond acceptors (Lipinski definition) is 2. The second-order valence-corrected chi connectivity index (χ2v) is 12.8. The molecule has 0 aliphatic heterocycles. The number of amides is 2. The van der Waals surface area contributed by atoms with E-state index in [1.807, 2.05) is 140 Å². The second-order valence-electron chi connectivity index (χ2n) is 12.8. The van der Waals surface area contributed by atoms with Gasteiger partial charge in [0.25, 0.3) is 11.8 Å². The van der Waals surface area contributed by atoms with Crippen LogP contribution in [0.3, 0.4) is 0 Å². The molecular formula is C43H46N2O2Ti. The van der Waals surface area contributed by atoms with Crippen LogP contribution in [0.1, 0.15) is 64.1 Å². The Balaban J connectivity index is 0.000000343. The molecule has 5 aromatic rings. The predicted octanol–water partition coefficient (Wildman–Crippen LogP) is 9.00. The van der Waals surface area contributed by atoms with Crippen LogP contribution in [0.4, 0.5) is 0 Å². The maximum Gasteiger partial charge on any atom is 2.00 e. The van der Waals surface area contributed by atoms with Gasteiger partial charge in [-0.3, -0.25) is 9.59 Å². The minimum atomic E-state index is -0.0653. The number of carbonyl (C=O) groups excluding carboxylic acids is 2. The van der Waals surface area contributed by atoms with Gasteiger partial charge in [0, 0.05) is 29.1 Å². The molecular weight excluding hydrogens is 624 g/mol. The topological polar surface area (TPSA) is 58.2 Å². The van der Waals surface area contributed by atoms with E-state index in [4.69, 9.17) is 0 Å². The molecule has 48 heavy (non-hydrogen) atoms. The van der Waals surface area contributed by atoms with E-state index in [0.29, 0.717) is 11.1 Å². The molecule has 2 amide bonds. The summed E-state index contributed by atoms with van der Waals surface area (Å²) in [6.45, 7) is 11.9. The van der Waals surface area contributed by atoms with E-state index in [1.54, 1.807) is 0 Å². The van der Waals surface area contributed by atoms with Gasteiger partial charge in [-0.05, 0) is 54.5 Å². The number of nitrogens with one attached hydrogen (secondary N) is 2. The Labute approximate surface area is 302 Å². The van der Waals surface area contributed by atoms with Gasteiger partial charge < -0.3 is 10.6 Å². The first-order valence-corrected chi connectivity index (χ1v) is 16.2. The molecule has 4 nitrogen and oxygen atoms in total. The van der Waals surface area contributed by atoms with E-state index >= 15 is 0 Å². The van der Waals surface area contributed by atoms with Crippen molar-refractivity contribution in [2.45, 2.75) is 45.2 Å². The molecule has 1 aliphatic carbocycles. The van der Waals surface area contributed by atoms with Crippen molar-refractivity contribution in [2.24, 2.45) is 11.3 Å². The smallest absolute Gasteiger partial charge is 0.349 e. The first kappa shape index (κ1) is 37.9. The van der Waals surface area contributed by atoms with E-state index in [2.05, 4.69) is 50.5 Å². The summed E-state index contributed by atoms with van der Waals surface area (Å²) in [5.41, 5.74) is 4.65. The van der Waals surface area contributed by atoms with Gasteiger partial charge in [0.05, 0.1) is 0 Å². The summed E-state index contributed by atoms with van der Waals surface area (Å²) >= 11 is 0. The third kappa shape index (κ3) is 12.6. The minimum absolute atomic E-state index is 0. The summed E-state index contributed by atoms with van der Waals surface area (Å²) in [5, 5.41) is 6.63. The molecule has 2 unspecified atom stereocenters. The Kier molecular flexibility index (Phi) is 15.3. The van der Waals surface area contributed by atoms with Crippen molar-refractivity contribution in [1.29, 1.82) is 0 Å². The van der Waals surface area contributed by atoms with Crippen LogP contribution >= 0.6 is 0 Å². The molecule has 1 aliphatic rings. The van der Waals surface area contributed by atoms with E-state index in [-0.39, 0.29) is 56.9 Å². The molecule has 2 atom stereocenters. The average Bonchev–Trinajstić information content (AvgIpc) is 3.08. The van der Waals surface area contributed by atoms with E-state index < -0.39 is 0 Å². The van der Waals surface area contributed by atoms with Crippen LogP contribution in [-0.4, -0.2) is 23.9 Å². The van der Waals surface area contributed by atoms with Gasteiger partial charge in [0.15, 0.2) is 0 Å². The second kappa shape index (κ2) is 19.3. The van der Waals surface area contributed by atoms with Crippen LogP contribution in [-0.2, 0) is 28.1 Å². The molecule has 0 bridgehead atoms. The third-order valence-electron chi connectivity index (χ3n) is 8.28. The number of hydrogen-bond donors (Lipinski definition) is 2. The molecule has 5 heteroatoms. The van der Waals surface area contributed by atoms with E-state index in [1.165, 1.54) is 5.56 Å². The monoisotopic (exact) mass is 670 g/mol. The van der Waals surface area contributed by atoms with Crippen LogP contribution in [0, 0.1) is 25.2 Å². The number of benzene rings is 5. The number of rotatable bonds is 6. The molecule has 244 valence electrons. The van der Waals surface area contributed by atoms with E-state index in [0.717, 1.165) is 30.4 Å². The summed E-state index contributed by atoms with van der Waals surface area (Å²) < 4.78 is 0. The third-order valence-corrected chi connectivity index (χ3v) is 8.28. The normalized spacial score (nSPS) is 17.4. The van der Waals surface area contributed by atoms with Crippen LogP contribution in [0.5, 0.6) is 0 Å². The molecule has 5 aromatic carbocycles. The van der Waals surface area contributed by atoms with Gasteiger partial charge >= 0.3 is 21.7 Å². The van der Waals surface area contributed by atoms with Gasteiger partial charge in [-0.15, -0.1) is 24.3 Å². The largest absolute Gasteiger partial charge is 2.00 e.